The Morgan fingerprint density at radius 3 is 2.81 bits per heavy atom. The summed E-state index contributed by atoms with van der Waals surface area (Å²) in [5.74, 6) is 1.42. The minimum absolute atomic E-state index is 0.130. The lowest BCUT2D eigenvalue weighted by Crippen LogP contribution is -2.48. The molecule has 140 valence electrons. The van der Waals surface area contributed by atoms with E-state index in [1.807, 2.05) is 40.5 Å². The van der Waals surface area contributed by atoms with E-state index in [4.69, 9.17) is 4.98 Å². The molecule has 2 aliphatic rings. The lowest BCUT2D eigenvalue weighted by molar-refractivity contribution is 0.136. The highest BCUT2D eigenvalue weighted by Crippen LogP contribution is 2.34. The van der Waals surface area contributed by atoms with E-state index in [2.05, 4.69) is 20.9 Å². The summed E-state index contributed by atoms with van der Waals surface area (Å²) in [6.45, 7) is 7.28. The normalized spacial score (nSPS) is 23.4. The number of nitrogens with zero attached hydrogens (tertiary/aromatic N) is 5. The number of rotatable bonds is 2. The molecule has 5 heterocycles. The number of urea groups is 1. The van der Waals surface area contributed by atoms with Gasteiger partial charge in [0.25, 0.3) is 0 Å². The molecule has 2 fully saturated rings. The third-order valence-corrected chi connectivity index (χ3v) is 6.03. The molecule has 2 amide bonds. The fourth-order valence-corrected chi connectivity index (χ4v) is 4.57. The molecule has 0 bridgehead atoms. The second kappa shape index (κ2) is 6.40. The van der Waals surface area contributed by atoms with Crippen molar-refractivity contribution >= 4 is 22.7 Å². The summed E-state index contributed by atoms with van der Waals surface area (Å²) in [6.07, 6.45) is 10.8. The van der Waals surface area contributed by atoms with Gasteiger partial charge >= 0.3 is 6.03 Å². The van der Waals surface area contributed by atoms with E-state index in [1.165, 1.54) is 0 Å². The van der Waals surface area contributed by atoms with E-state index in [1.54, 1.807) is 0 Å². The van der Waals surface area contributed by atoms with Crippen LogP contribution < -0.4 is 0 Å². The van der Waals surface area contributed by atoms with E-state index in [9.17, 15) is 4.79 Å². The number of aromatic nitrogens is 4. The number of carbonyl (C=O) groups is 1. The van der Waals surface area contributed by atoms with Crippen LogP contribution in [0, 0.1) is 5.92 Å². The predicted octanol–water partition coefficient (Wildman–Crippen LogP) is 3.02. The van der Waals surface area contributed by atoms with Crippen LogP contribution in [0.2, 0.25) is 0 Å². The number of H-pyrrole nitrogens is 1. The Balaban J connectivity index is 1.53. The Morgan fingerprint density at radius 2 is 2.00 bits per heavy atom. The Morgan fingerprint density at radius 1 is 1.19 bits per heavy atom. The van der Waals surface area contributed by atoms with E-state index in [0.29, 0.717) is 12.5 Å². The van der Waals surface area contributed by atoms with Gasteiger partial charge in [-0.25, -0.2) is 14.8 Å². The maximum Gasteiger partial charge on any atom is 0.320 e. The van der Waals surface area contributed by atoms with Crippen molar-refractivity contribution < 1.29 is 4.79 Å². The highest BCUT2D eigenvalue weighted by molar-refractivity contribution is 5.76. The van der Waals surface area contributed by atoms with Gasteiger partial charge in [-0.1, -0.05) is 6.08 Å². The number of amides is 2. The van der Waals surface area contributed by atoms with Gasteiger partial charge in [-0.05, 0) is 31.2 Å². The Hall–Kier alpha value is -2.83. The molecule has 0 radical (unpaired) electrons. The number of hydrogen-bond acceptors (Lipinski definition) is 3. The van der Waals surface area contributed by atoms with E-state index in [-0.39, 0.29) is 11.9 Å². The number of likely N-dealkylation sites (tertiary alicyclic amines) is 2. The highest BCUT2D eigenvalue weighted by Gasteiger charge is 2.35. The van der Waals surface area contributed by atoms with Crippen molar-refractivity contribution in [2.75, 3.05) is 26.2 Å². The third-order valence-electron chi connectivity index (χ3n) is 6.03. The van der Waals surface area contributed by atoms with Crippen molar-refractivity contribution in [3.8, 4) is 0 Å². The maximum atomic E-state index is 12.9. The van der Waals surface area contributed by atoms with Crippen LogP contribution in [0.4, 0.5) is 4.79 Å². The summed E-state index contributed by atoms with van der Waals surface area (Å²) in [4.78, 5) is 29.3. The first-order valence-corrected chi connectivity index (χ1v) is 9.72. The third kappa shape index (κ3) is 2.60. The molecule has 0 aliphatic carbocycles. The van der Waals surface area contributed by atoms with Gasteiger partial charge < -0.3 is 14.8 Å². The minimum atomic E-state index is 0.130. The number of piperidine rings is 1. The van der Waals surface area contributed by atoms with Crippen LogP contribution in [-0.4, -0.2) is 61.4 Å². The molecule has 27 heavy (non-hydrogen) atoms. The van der Waals surface area contributed by atoms with Crippen LogP contribution in [0.5, 0.6) is 0 Å². The molecule has 3 aromatic rings. The molecule has 7 nitrogen and oxygen atoms in total. The molecule has 2 aliphatic heterocycles. The molecule has 0 saturated carbocycles. The van der Waals surface area contributed by atoms with Gasteiger partial charge in [0.2, 0.25) is 0 Å². The van der Waals surface area contributed by atoms with Crippen LogP contribution >= 0.6 is 0 Å². The van der Waals surface area contributed by atoms with Crippen LogP contribution in [-0.2, 0) is 0 Å². The lowest BCUT2D eigenvalue weighted by Gasteiger charge is -2.38. The summed E-state index contributed by atoms with van der Waals surface area (Å²) in [5.41, 5.74) is 2.84. The second-order valence-corrected chi connectivity index (χ2v) is 7.56. The quantitative estimate of drug-likeness (QED) is 0.711. The fourth-order valence-electron chi connectivity index (χ4n) is 4.57. The summed E-state index contributed by atoms with van der Waals surface area (Å²) in [6, 6.07) is 2.20. The van der Waals surface area contributed by atoms with Gasteiger partial charge in [-0.2, -0.15) is 0 Å². The number of carbonyl (C=O) groups excluding carboxylic acids is 1. The minimum Gasteiger partial charge on any atom is -0.345 e. The number of fused-ring (bicyclic) bond motifs is 3. The van der Waals surface area contributed by atoms with Crippen molar-refractivity contribution in [2.24, 2.45) is 5.92 Å². The first-order valence-electron chi connectivity index (χ1n) is 9.72. The molecular formula is C20H24N6O. The zero-order valence-corrected chi connectivity index (χ0v) is 15.3. The summed E-state index contributed by atoms with van der Waals surface area (Å²) < 4.78 is 2.17. The molecule has 2 unspecified atom stereocenters. The number of imidazole rings is 1. The van der Waals surface area contributed by atoms with Crippen LogP contribution in [0.25, 0.3) is 16.7 Å². The standard InChI is InChI=1S/C20H24N6O/c1-2-14-6-10-25(20(27)24-8-3-4-9-24)13-16(14)19-23-12-15-11-22-18-17(26(15)19)5-7-21-18/h2,5,7,11-12,14,16,21H,1,3-4,6,8-10,13H2. The number of aromatic amines is 1. The molecule has 3 aromatic heterocycles. The van der Waals surface area contributed by atoms with Crippen molar-refractivity contribution in [1.82, 2.24) is 29.2 Å². The topological polar surface area (TPSA) is 69.5 Å². The van der Waals surface area contributed by atoms with Gasteiger partial charge in [0.15, 0.2) is 5.65 Å². The van der Waals surface area contributed by atoms with Gasteiger partial charge in [0.05, 0.1) is 23.4 Å². The molecule has 2 saturated heterocycles. The Kier molecular flexibility index (Phi) is 3.88. The largest absolute Gasteiger partial charge is 0.345 e. The van der Waals surface area contributed by atoms with E-state index in [0.717, 1.165) is 61.4 Å². The molecule has 5 rings (SSSR count). The van der Waals surface area contributed by atoms with Crippen molar-refractivity contribution in [2.45, 2.75) is 25.2 Å². The molecular weight excluding hydrogens is 340 g/mol. The maximum absolute atomic E-state index is 12.9. The Bertz CT molecular complexity index is 998. The van der Waals surface area contributed by atoms with Gasteiger partial charge in [-0.3, -0.25) is 4.40 Å². The molecule has 1 N–H and O–H groups in total. The van der Waals surface area contributed by atoms with E-state index < -0.39 is 0 Å². The second-order valence-electron chi connectivity index (χ2n) is 7.56. The Labute approximate surface area is 157 Å². The van der Waals surface area contributed by atoms with Gasteiger partial charge in [-0.15, -0.1) is 6.58 Å². The van der Waals surface area contributed by atoms with Gasteiger partial charge in [0, 0.05) is 38.3 Å². The van der Waals surface area contributed by atoms with Crippen LogP contribution in [0.1, 0.15) is 31.0 Å². The zero-order valence-electron chi connectivity index (χ0n) is 15.3. The van der Waals surface area contributed by atoms with Crippen LogP contribution in [0.3, 0.4) is 0 Å². The highest BCUT2D eigenvalue weighted by atomic mass is 16.2. The average Bonchev–Trinajstić information content (AvgIpc) is 3.46. The molecule has 0 spiro atoms. The van der Waals surface area contributed by atoms with Gasteiger partial charge in [0.1, 0.15) is 5.82 Å². The smallest absolute Gasteiger partial charge is 0.320 e. The first kappa shape index (κ1) is 16.4. The fraction of sp³-hybridized carbons (Fsp3) is 0.450. The summed E-state index contributed by atoms with van der Waals surface area (Å²) >= 11 is 0. The number of nitrogens with one attached hydrogen (secondary N) is 1. The van der Waals surface area contributed by atoms with Crippen molar-refractivity contribution in [3.63, 3.8) is 0 Å². The SMILES string of the molecule is C=CC1CCN(C(=O)N2CCCC2)CC1c1ncc2cnc3[nH]ccc3n12. The number of allylic oxidation sites excluding steroid dienone is 1. The molecule has 0 aromatic carbocycles. The van der Waals surface area contributed by atoms with Crippen LogP contribution in [0.15, 0.2) is 37.3 Å². The average molecular weight is 364 g/mol. The molecule has 7 heteroatoms. The predicted molar refractivity (Wildman–Crippen MR) is 104 cm³/mol. The summed E-state index contributed by atoms with van der Waals surface area (Å²) in [7, 11) is 0. The van der Waals surface area contributed by atoms with Crippen molar-refractivity contribution in [1.29, 1.82) is 0 Å². The zero-order chi connectivity index (χ0) is 18.4. The monoisotopic (exact) mass is 364 g/mol. The molecule has 2 atom stereocenters. The number of hydrogen-bond donors (Lipinski definition) is 1. The lowest BCUT2D eigenvalue weighted by atomic mass is 9.85. The first-order chi connectivity index (χ1) is 13.3. The van der Waals surface area contributed by atoms with Crippen molar-refractivity contribution in [3.05, 3.63) is 43.1 Å². The summed E-state index contributed by atoms with van der Waals surface area (Å²) in [5, 5.41) is 0. The van der Waals surface area contributed by atoms with E-state index >= 15 is 0 Å².